The molecule has 2 N–H and O–H groups in total. The van der Waals surface area contributed by atoms with Crippen LogP contribution in [-0.4, -0.2) is 55.2 Å². The number of nitrogen functional groups attached to an aromatic ring is 1. The van der Waals surface area contributed by atoms with Crippen LogP contribution >= 0.6 is 0 Å². The zero-order valence-corrected chi connectivity index (χ0v) is 12.7. The zero-order chi connectivity index (χ0) is 16.8. The molecule has 3 rings (SSSR count). The van der Waals surface area contributed by atoms with Gasteiger partial charge >= 0.3 is 12.1 Å². The number of fused-ring (bicyclic) bond motifs is 3. The van der Waals surface area contributed by atoms with Gasteiger partial charge in [-0.25, -0.2) is 0 Å². The molecule has 8 heteroatoms. The van der Waals surface area contributed by atoms with Gasteiger partial charge in [-0.15, -0.1) is 0 Å². The highest BCUT2D eigenvalue weighted by atomic mass is 19.4. The first-order valence-corrected chi connectivity index (χ1v) is 7.37. The first kappa shape index (κ1) is 15.9. The van der Waals surface area contributed by atoms with Crippen molar-refractivity contribution in [3.05, 3.63) is 23.3 Å². The molecule has 1 unspecified atom stereocenters. The minimum atomic E-state index is -4.83. The van der Waals surface area contributed by atoms with Crippen LogP contribution in [0.3, 0.4) is 0 Å². The summed E-state index contributed by atoms with van der Waals surface area (Å²) in [5.41, 5.74) is 8.28. The van der Waals surface area contributed by atoms with Crippen molar-refractivity contribution in [2.45, 2.75) is 18.6 Å². The van der Waals surface area contributed by atoms with Crippen molar-refractivity contribution in [1.82, 2.24) is 9.80 Å². The van der Waals surface area contributed by atoms with E-state index in [0.29, 0.717) is 18.0 Å². The highest BCUT2D eigenvalue weighted by Gasteiger charge is 2.45. The van der Waals surface area contributed by atoms with E-state index in [1.165, 1.54) is 7.11 Å². The topological polar surface area (TPSA) is 58.8 Å². The number of halogens is 3. The van der Waals surface area contributed by atoms with E-state index >= 15 is 0 Å². The molecule has 126 valence electrons. The zero-order valence-electron chi connectivity index (χ0n) is 12.7. The van der Waals surface area contributed by atoms with Crippen LogP contribution in [0.25, 0.3) is 0 Å². The third kappa shape index (κ3) is 2.83. The van der Waals surface area contributed by atoms with Crippen LogP contribution < -0.4 is 10.5 Å². The van der Waals surface area contributed by atoms with Crippen LogP contribution in [0.2, 0.25) is 0 Å². The molecule has 2 aliphatic rings. The van der Waals surface area contributed by atoms with E-state index in [1.54, 1.807) is 6.07 Å². The molecule has 23 heavy (non-hydrogen) atoms. The fourth-order valence-electron chi connectivity index (χ4n) is 3.37. The van der Waals surface area contributed by atoms with Crippen LogP contribution in [0.1, 0.15) is 17.2 Å². The number of hydrogen-bond acceptors (Lipinski definition) is 4. The number of carbonyl (C=O) groups is 1. The maximum atomic E-state index is 12.7. The third-order valence-electron chi connectivity index (χ3n) is 4.54. The summed E-state index contributed by atoms with van der Waals surface area (Å²) in [5, 5.41) is 0. The second-order valence-electron chi connectivity index (χ2n) is 5.84. The van der Waals surface area contributed by atoms with Gasteiger partial charge in [-0.05, 0) is 29.7 Å². The molecule has 0 saturated carbocycles. The Hall–Kier alpha value is -1.96. The molecule has 0 aliphatic carbocycles. The number of benzene rings is 1. The second-order valence-corrected chi connectivity index (χ2v) is 5.84. The Morgan fingerprint density at radius 1 is 1.30 bits per heavy atom. The predicted octanol–water partition coefficient (Wildman–Crippen LogP) is 1.58. The maximum absolute atomic E-state index is 12.7. The highest BCUT2D eigenvalue weighted by Crippen LogP contribution is 2.37. The quantitative estimate of drug-likeness (QED) is 0.795. The van der Waals surface area contributed by atoms with Crippen LogP contribution in [0.4, 0.5) is 18.9 Å². The molecule has 2 aliphatic heterocycles. The van der Waals surface area contributed by atoms with E-state index in [2.05, 4.69) is 4.90 Å². The Balaban J connectivity index is 1.90. The normalized spacial score (nSPS) is 21.6. The van der Waals surface area contributed by atoms with Gasteiger partial charge in [0, 0.05) is 26.2 Å². The number of carbonyl (C=O) groups excluding carboxylic acids is 1. The number of ether oxygens (including phenoxy) is 1. The molecule has 1 saturated heterocycles. The van der Waals surface area contributed by atoms with Crippen molar-refractivity contribution in [3.63, 3.8) is 0 Å². The standard InChI is InChI=1S/C15H18F3N3O2/c1-23-13-6-9-2-3-20-4-5-21(14(22)15(16,17)18)8-12(20)10(9)7-11(13)19/h6-7,12H,2-5,8,19H2,1H3. The highest BCUT2D eigenvalue weighted by molar-refractivity contribution is 5.82. The maximum Gasteiger partial charge on any atom is 0.471 e. The number of amides is 1. The minimum absolute atomic E-state index is 0.0249. The molecule has 0 radical (unpaired) electrons. The van der Waals surface area contributed by atoms with Crippen molar-refractivity contribution in [1.29, 1.82) is 0 Å². The van der Waals surface area contributed by atoms with Gasteiger partial charge < -0.3 is 15.4 Å². The van der Waals surface area contributed by atoms with E-state index < -0.39 is 12.1 Å². The summed E-state index contributed by atoms with van der Waals surface area (Å²) in [6, 6.07) is 3.34. The summed E-state index contributed by atoms with van der Waals surface area (Å²) in [4.78, 5) is 14.5. The summed E-state index contributed by atoms with van der Waals surface area (Å²) in [5.74, 6) is -1.21. The summed E-state index contributed by atoms with van der Waals surface area (Å²) in [6.45, 7) is 1.30. The van der Waals surface area contributed by atoms with Crippen LogP contribution in [0.15, 0.2) is 12.1 Å². The van der Waals surface area contributed by atoms with Crippen molar-refractivity contribution < 1.29 is 22.7 Å². The molecule has 0 aromatic heterocycles. The Morgan fingerprint density at radius 3 is 2.70 bits per heavy atom. The average Bonchev–Trinajstić information content (AvgIpc) is 2.52. The molecule has 1 fully saturated rings. The number of nitrogens with two attached hydrogens (primary N) is 1. The van der Waals surface area contributed by atoms with E-state index in [1.807, 2.05) is 6.07 Å². The van der Waals surface area contributed by atoms with Gasteiger partial charge in [-0.3, -0.25) is 9.69 Å². The lowest BCUT2D eigenvalue weighted by Gasteiger charge is -2.45. The summed E-state index contributed by atoms with van der Waals surface area (Å²) >= 11 is 0. The average molecular weight is 329 g/mol. The Labute approximate surface area is 131 Å². The van der Waals surface area contributed by atoms with Crippen LogP contribution in [0.5, 0.6) is 5.75 Å². The number of anilines is 1. The van der Waals surface area contributed by atoms with E-state index in [-0.39, 0.29) is 19.1 Å². The monoisotopic (exact) mass is 329 g/mol. The van der Waals surface area contributed by atoms with Gasteiger partial charge in [0.2, 0.25) is 0 Å². The molecule has 0 spiro atoms. The number of methoxy groups -OCH3 is 1. The summed E-state index contributed by atoms with van der Waals surface area (Å²) < 4.78 is 43.2. The Bertz CT molecular complexity index is 633. The van der Waals surface area contributed by atoms with Gasteiger partial charge in [0.05, 0.1) is 18.8 Å². The molecule has 5 nitrogen and oxygen atoms in total. The lowest BCUT2D eigenvalue weighted by atomic mass is 9.90. The van der Waals surface area contributed by atoms with E-state index in [4.69, 9.17) is 10.5 Å². The number of piperazine rings is 1. The summed E-state index contributed by atoms with van der Waals surface area (Å²) in [7, 11) is 1.53. The van der Waals surface area contributed by atoms with E-state index in [9.17, 15) is 18.0 Å². The van der Waals surface area contributed by atoms with Crippen molar-refractivity contribution in [2.24, 2.45) is 0 Å². The molecular weight excluding hydrogens is 311 g/mol. The van der Waals surface area contributed by atoms with Gasteiger partial charge in [0.15, 0.2) is 0 Å². The summed E-state index contributed by atoms with van der Waals surface area (Å²) in [6.07, 6.45) is -4.05. The Kier molecular flexibility index (Phi) is 3.87. The van der Waals surface area contributed by atoms with Gasteiger partial charge in [-0.2, -0.15) is 13.2 Å². The first-order chi connectivity index (χ1) is 10.8. The predicted molar refractivity (Wildman–Crippen MR) is 78.1 cm³/mol. The van der Waals surface area contributed by atoms with Gasteiger partial charge in [0.1, 0.15) is 5.75 Å². The number of rotatable bonds is 1. The third-order valence-corrected chi connectivity index (χ3v) is 4.54. The van der Waals surface area contributed by atoms with Crippen molar-refractivity contribution >= 4 is 11.6 Å². The first-order valence-electron chi connectivity index (χ1n) is 7.37. The largest absolute Gasteiger partial charge is 0.495 e. The SMILES string of the molecule is COc1cc2c(cc1N)C1CN(C(=O)C(F)(F)F)CCN1CC2. The second kappa shape index (κ2) is 5.59. The van der Waals surface area contributed by atoms with Crippen molar-refractivity contribution in [3.8, 4) is 5.75 Å². The minimum Gasteiger partial charge on any atom is -0.495 e. The van der Waals surface area contributed by atoms with Crippen LogP contribution in [-0.2, 0) is 11.2 Å². The number of hydrogen-bond donors (Lipinski definition) is 1. The molecule has 1 aromatic carbocycles. The van der Waals surface area contributed by atoms with Gasteiger partial charge in [-0.1, -0.05) is 0 Å². The molecular formula is C15H18F3N3O2. The fraction of sp³-hybridized carbons (Fsp3) is 0.533. The molecule has 1 aromatic rings. The smallest absolute Gasteiger partial charge is 0.471 e. The molecule has 1 amide bonds. The lowest BCUT2D eigenvalue weighted by Crippen LogP contribution is -2.55. The lowest BCUT2D eigenvalue weighted by molar-refractivity contribution is -0.188. The van der Waals surface area contributed by atoms with Crippen LogP contribution in [0, 0.1) is 0 Å². The Morgan fingerprint density at radius 2 is 2.04 bits per heavy atom. The number of nitrogens with zero attached hydrogens (tertiary/aromatic N) is 2. The molecule has 1 atom stereocenters. The fourth-order valence-corrected chi connectivity index (χ4v) is 3.37. The molecule has 2 heterocycles. The molecule has 0 bridgehead atoms. The van der Waals surface area contributed by atoms with Gasteiger partial charge in [0.25, 0.3) is 0 Å². The van der Waals surface area contributed by atoms with Crippen molar-refractivity contribution in [2.75, 3.05) is 39.0 Å². The van der Waals surface area contributed by atoms with E-state index in [0.717, 1.165) is 29.0 Å². The number of alkyl halides is 3.